The van der Waals surface area contributed by atoms with Crippen LogP contribution >= 0.6 is 0 Å². The van der Waals surface area contributed by atoms with E-state index in [2.05, 4.69) is 97.1 Å². The molecule has 10 rings (SSSR count). The SMILES string of the molecule is C1=CC2C3=C(c4ncc(-c5nc(-c6ccccc6)nc(-c6ccccc6)n5)c5c4C=CCC5)c4ccc5ccccc5c4C32C=C1. The van der Waals surface area contributed by atoms with Gasteiger partial charge in [0.05, 0.1) is 5.69 Å². The van der Waals surface area contributed by atoms with Gasteiger partial charge in [-0.25, -0.2) is 15.0 Å². The lowest BCUT2D eigenvalue weighted by molar-refractivity contribution is 0.833. The van der Waals surface area contributed by atoms with Crippen LogP contribution in [0.1, 0.15) is 34.4 Å². The van der Waals surface area contributed by atoms with Crippen LogP contribution in [-0.4, -0.2) is 19.9 Å². The van der Waals surface area contributed by atoms with Gasteiger partial charge in [0.15, 0.2) is 17.5 Å². The van der Waals surface area contributed by atoms with Crippen LogP contribution in [0.25, 0.3) is 56.6 Å². The number of fused-ring (bicyclic) bond motifs is 5. The van der Waals surface area contributed by atoms with Gasteiger partial charge in [-0.3, -0.25) is 4.98 Å². The Morgan fingerprint density at radius 3 is 2.17 bits per heavy atom. The molecule has 1 saturated carbocycles. The van der Waals surface area contributed by atoms with Crippen LogP contribution in [0.5, 0.6) is 0 Å². The van der Waals surface area contributed by atoms with Crippen molar-refractivity contribution < 1.29 is 0 Å². The van der Waals surface area contributed by atoms with Gasteiger partial charge < -0.3 is 0 Å². The van der Waals surface area contributed by atoms with Gasteiger partial charge in [-0.15, -0.1) is 0 Å². The summed E-state index contributed by atoms with van der Waals surface area (Å²) in [5, 5.41) is 2.62. The fourth-order valence-electron chi connectivity index (χ4n) is 8.02. The molecule has 2 heterocycles. The van der Waals surface area contributed by atoms with Gasteiger partial charge in [0, 0.05) is 45.4 Å². The molecule has 216 valence electrons. The van der Waals surface area contributed by atoms with Crippen molar-refractivity contribution in [1.82, 2.24) is 19.9 Å². The van der Waals surface area contributed by atoms with Gasteiger partial charge in [0.2, 0.25) is 0 Å². The summed E-state index contributed by atoms with van der Waals surface area (Å²) >= 11 is 0. The van der Waals surface area contributed by atoms with Crippen LogP contribution in [-0.2, 0) is 11.8 Å². The Morgan fingerprint density at radius 1 is 0.674 bits per heavy atom. The Balaban J connectivity index is 1.20. The van der Waals surface area contributed by atoms with Gasteiger partial charge in [0.1, 0.15) is 0 Å². The lowest BCUT2D eigenvalue weighted by Gasteiger charge is -2.22. The maximum atomic E-state index is 5.31. The van der Waals surface area contributed by atoms with Crippen molar-refractivity contribution in [3.63, 3.8) is 0 Å². The summed E-state index contributed by atoms with van der Waals surface area (Å²) in [6.45, 7) is 0. The zero-order valence-corrected chi connectivity index (χ0v) is 25.1. The van der Waals surface area contributed by atoms with E-state index >= 15 is 0 Å². The largest absolute Gasteiger partial charge is 0.255 e. The first kappa shape index (κ1) is 25.6. The summed E-state index contributed by atoms with van der Waals surface area (Å²) in [5.74, 6) is 2.37. The Labute approximate surface area is 267 Å². The quantitative estimate of drug-likeness (QED) is 0.206. The normalized spacial score (nSPS) is 20.0. The van der Waals surface area contributed by atoms with Crippen molar-refractivity contribution in [1.29, 1.82) is 0 Å². The zero-order valence-electron chi connectivity index (χ0n) is 25.1. The fourth-order valence-corrected chi connectivity index (χ4v) is 8.02. The third-order valence-corrected chi connectivity index (χ3v) is 10.1. The standard InChI is InChI=1S/C42H28N4/c1-3-14-27(15-4-1)39-44-40(28-16-5-2-6-17-28)46-41(45-39)33-25-43-38(31-20-10-9-19-30(31)33)35-32-23-22-26-13-7-8-18-29(26)36(32)42-24-12-11-21-34(42)37(35)42/h1-8,10-18,20-25,34H,9,19H2. The molecule has 6 aromatic rings. The van der Waals surface area contributed by atoms with Gasteiger partial charge in [0.25, 0.3) is 0 Å². The highest BCUT2D eigenvalue weighted by molar-refractivity contribution is 6.06. The molecule has 2 unspecified atom stereocenters. The predicted molar refractivity (Wildman–Crippen MR) is 185 cm³/mol. The second-order valence-electron chi connectivity index (χ2n) is 12.5. The minimum atomic E-state index is -0.0741. The molecule has 0 N–H and O–H groups in total. The average molecular weight is 589 g/mol. The Kier molecular flexibility index (Phi) is 5.35. The molecule has 1 fully saturated rings. The number of allylic oxidation sites excluding steroid dienone is 6. The first-order valence-corrected chi connectivity index (χ1v) is 16.0. The predicted octanol–water partition coefficient (Wildman–Crippen LogP) is 9.19. The van der Waals surface area contributed by atoms with Crippen LogP contribution in [0.15, 0.2) is 139 Å². The highest BCUT2D eigenvalue weighted by Gasteiger charge is 2.65. The van der Waals surface area contributed by atoms with Crippen molar-refractivity contribution in [2.75, 3.05) is 0 Å². The van der Waals surface area contributed by atoms with E-state index in [9.17, 15) is 0 Å². The summed E-state index contributed by atoms with van der Waals surface area (Å²) in [6.07, 6.45) is 17.7. The van der Waals surface area contributed by atoms with Gasteiger partial charge >= 0.3 is 0 Å². The third-order valence-electron chi connectivity index (χ3n) is 10.1. The summed E-state index contributed by atoms with van der Waals surface area (Å²) in [7, 11) is 0. The van der Waals surface area contributed by atoms with Crippen LogP contribution in [0.2, 0.25) is 0 Å². The molecule has 4 heteroatoms. The minimum Gasteiger partial charge on any atom is -0.255 e. The zero-order chi connectivity index (χ0) is 30.2. The van der Waals surface area contributed by atoms with E-state index in [4.69, 9.17) is 19.9 Å². The molecule has 46 heavy (non-hydrogen) atoms. The number of hydrogen-bond donors (Lipinski definition) is 0. The third kappa shape index (κ3) is 3.55. The Hall–Kier alpha value is -5.74. The van der Waals surface area contributed by atoms with Crippen molar-refractivity contribution in [2.45, 2.75) is 18.3 Å². The number of hydrogen-bond acceptors (Lipinski definition) is 4. The van der Waals surface area contributed by atoms with Gasteiger partial charge in [-0.1, -0.05) is 134 Å². The highest BCUT2D eigenvalue weighted by atomic mass is 15.0. The number of rotatable bonds is 4. The van der Waals surface area contributed by atoms with Crippen molar-refractivity contribution in [3.05, 3.63) is 167 Å². The molecule has 2 aromatic heterocycles. The Bertz CT molecular complexity index is 2310. The van der Waals surface area contributed by atoms with E-state index in [-0.39, 0.29) is 5.41 Å². The minimum absolute atomic E-state index is 0.0741. The topological polar surface area (TPSA) is 51.6 Å². The number of aromatic nitrogens is 4. The monoisotopic (exact) mass is 588 g/mol. The lowest BCUT2D eigenvalue weighted by Crippen LogP contribution is -2.10. The molecule has 0 saturated heterocycles. The molecule has 1 spiro atoms. The van der Waals surface area contributed by atoms with E-state index in [1.165, 1.54) is 44.2 Å². The molecule has 2 atom stereocenters. The molecule has 4 aliphatic carbocycles. The average Bonchev–Trinajstić information content (AvgIpc) is 3.71. The summed E-state index contributed by atoms with van der Waals surface area (Å²) in [6, 6.07) is 33.7. The van der Waals surface area contributed by atoms with Gasteiger partial charge in [-0.05, 0) is 45.9 Å². The van der Waals surface area contributed by atoms with Crippen LogP contribution in [0, 0.1) is 5.92 Å². The van der Waals surface area contributed by atoms with E-state index in [0.29, 0.717) is 23.4 Å². The second-order valence-corrected chi connectivity index (χ2v) is 12.5. The summed E-state index contributed by atoms with van der Waals surface area (Å²) in [5.41, 5.74) is 11.8. The van der Waals surface area contributed by atoms with Crippen LogP contribution < -0.4 is 0 Å². The lowest BCUT2D eigenvalue weighted by atomic mass is 9.83. The first-order chi connectivity index (χ1) is 22.8. The molecular weight excluding hydrogens is 560 g/mol. The molecule has 0 bridgehead atoms. The molecule has 0 amide bonds. The first-order valence-electron chi connectivity index (χ1n) is 16.0. The van der Waals surface area contributed by atoms with Crippen molar-refractivity contribution in [3.8, 4) is 34.2 Å². The van der Waals surface area contributed by atoms with E-state index in [0.717, 1.165) is 35.2 Å². The number of benzene rings is 4. The fraction of sp³-hybridized carbons (Fsp3) is 0.0952. The van der Waals surface area contributed by atoms with E-state index in [1.807, 2.05) is 42.6 Å². The molecule has 4 nitrogen and oxygen atoms in total. The van der Waals surface area contributed by atoms with E-state index in [1.54, 1.807) is 0 Å². The second kappa shape index (κ2) is 9.63. The van der Waals surface area contributed by atoms with Crippen LogP contribution in [0.4, 0.5) is 0 Å². The smallest absolute Gasteiger partial charge is 0.165 e. The summed E-state index contributed by atoms with van der Waals surface area (Å²) in [4.78, 5) is 20.4. The maximum absolute atomic E-state index is 5.31. The van der Waals surface area contributed by atoms with Crippen molar-refractivity contribution >= 4 is 22.4 Å². The summed E-state index contributed by atoms with van der Waals surface area (Å²) < 4.78 is 0. The van der Waals surface area contributed by atoms with Gasteiger partial charge in [-0.2, -0.15) is 0 Å². The van der Waals surface area contributed by atoms with Crippen LogP contribution in [0.3, 0.4) is 0 Å². The molecule has 0 radical (unpaired) electrons. The molecule has 4 aliphatic rings. The number of nitrogens with zero attached hydrogens (tertiary/aromatic N) is 4. The maximum Gasteiger partial charge on any atom is 0.165 e. The highest BCUT2D eigenvalue weighted by Crippen LogP contribution is 2.72. The van der Waals surface area contributed by atoms with E-state index < -0.39 is 0 Å². The molecule has 0 aliphatic heterocycles. The number of pyridine rings is 1. The molecular formula is C42H28N4. The Morgan fingerprint density at radius 2 is 1.39 bits per heavy atom. The molecule has 4 aromatic carbocycles. The van der Waals surface area contributed by atoms with Crippen molar-refractivity contribution in [2.24, 2.45) is 5.92 Å².